The summed E-state index contributed by atoms with van der Waals surface area (Å²) in [4.78, 5) is 0. The van der Waals surface area contributed by atoms with E-state index < -0.39 is 18.4 Å². The zero-order valence-electron chi connectivity index (χ0n) is 16.4. The van der Waals surface area contributed by atoms with Crippen molar-refractivity contribution in [2.24, 2.45) is 0 Å². The Balaban J connectivity index is 2.11. The average molecular weight is 461 g/mol. The summed E-state index contributed by atoms with van der Waals surface area (Å²) < 4.78 is 5.93. The van der Waals surface area contributed by atoms with Crippen LogP contribution in [0.2, 0.25) is 8.87 Å². The summed E-state index contributed by atoms with van der Waals surface area (Å²) in [5, 5.41) is 0. The Kier molecular flexibility index (Phi) is 7.34. The molecule has 0 saturated carbocycles. The SMILES string of the molecule is C=Cc1cccc[c]1[Sn]([CH2]CCC)([CH2]Cc1ccccc1)[c]1ccccc1. The Bertz CT molecular complexity index is 838. The van der Waals surface area contributed by atoms with Crippen LogP contribution in [-0.2, 0) is 6.42 Å². The standard InChI is InChI=1S/C8H9.C8H7.C6H5.C4H9.Sn/c2*1-2-8-6-4-3-5-7-8;1-2-4-6-5-3-1;1-3-4-2;/h3-7H,1-2H2;2-6H,1H2;1-5H;1,3-4H2,2H3;. The Labute approximate surface area is 168 Å². The van der Waals surface area contributed by atoms with Crippen LogP contribution in [0.25, 0.3) is 6.08 Å². The molecule has 0 nitrogen and oxygen atoms in total. The van der Waals surface area contributed by atoms with Crippen LogP contribution >= 0.6 is 0 Å². The first-order valence-electron chi connectivity index (χ1n) is 10.1. The number of hydrogen-bond donors (Lipinski definition) is 0. The van der Waals surface area contributed by atoms with Gasteiger partial charge in [-0.15, -0.1) is 0 Å². The van der Waals surface area contributed by atoms with Gasteiger partial charge in [0.25, 0.3) is 0 Å². The molecule has 138 valence electrons. The molecule has 3 aromatic rings. The first-order chi connectivity index (χ1) is 13.3. The molecule has 1 atom stereocenters. The van der Waals surface area contributed by atoms with E-state index in [2.05, 4.69) is 105 Å². The first-order valence-corrected chi connectivity index (χ1v) is 17.0. The molecule has 1 unspecified atom stereocenters. The second kappa shape index (κ2) is 9.94. The Morgan fingerprint density at radius 1 is 0.778 bits per heavy atom. The van der Waals surface area contributed by atoms with Crippen molar-refractivity contribution in [1.82, 2.24) is 0 Å². The molecule has 0 fully saturated rings. The summed E-state index contributed by atoms with van der Waals surface area (Å²) in [6.07, 6.45) is 5.80. The van der Waals surface area contributed by atoms with Crippen LogP contribution in [0, 0.1) is 0 Å². The fraction of sp³-hybridized carbons (Fsp3) is 0.231. The fourth-order valence-electron chi connectivity index (χ4n) is 4.19. The van der Waals surface area contributed by atoms with Gasteiger partial charge in [0.1, 0.15) is 0 Å². The van der Waals surface area contributed by atoms with Crippen molar-refractivity contribution < 1.29 is 0 Å². The molecule has 0 bridgehead atoms. The summed E-state index contributed by atoms with van der Waals surface area (Å²) >= 11 is -2.86. The van der Waals surface area contributed by atoms with Crippen LogP contribution in [0.15, 0.2) is 91.5 Å². The van der Waals surface area contributed by atoms with Crippen molar-refractivity contribution in [3.05, 3.63) is 103 Å². The molecular weight excluding hydrogens is 431 g/mol. The summed E-state index contributed by atoms with van der Waals surface area (Å²) in [6, 6.07) is 31.4. The van der Waals surface area contributed by atoms with Crippen LogP contribution in [0.4, 0.5) is 0 Å². The molecule has 3 rings (SSSR count). The Morgan fingerprint density at radius 2 is 1.41 bits per heavy atom. The molecule has 27 heavy (non-hydrogen) atoms. The normalized spacial score (nSPS) is 13.1. The van der Waals surface area contributed by atoms with E-state index in [1.165, 1.54) is 39.3 Å². The summed E-state index contributed by atoms with van der Waals surface area (Å²) in [5.41, 5.74) is 2.81. The van der Waals surface area contributed by atoms with Gasteiger partial charge >= 0.3 is 169 Å². The zero-order valence-corrected chi connectivity index (χ0v) is 19.3. The summed E-state index contributed by atoms with van der Waals surface area (Å²) in [6.45, 7) is 6.45. The Morgan fingerprint density at radius 3 is 2.07 bits per heavy atom. The molecule has 0 amide bonds. The Hall–Kier alpha value is -1.80. The topological polar surface area (TPSA) is 0 Å². The second-order valence-electron chi connectivity index (χ2n) is 7.33. The predicted octanol–water partition coefficient (Wildman–Crippen LogP) is 5.94. The van der Waals surface area contributed by atoms with E-state index in [1.807, 2.05) is 0 Å². The maximum absolute atomic E-state index is 4.13. The van der Waals surface area contributed by atoms with Crippen molar-refractivity contribution in [2.45, 2.75) is 35.1 Å². The van der Waals surface area contributed by atoms with Crippen LogP contribution in [-0.4, -0.2) is 18.4 Å². The molecule has 0 saturated heterocycles. The third-order valence-corrected chi connectivity index (χ3v) is 20.6. The minimum atomic E-state index is -2.86. The van der Waals surface area contributed by atoms with Gasteiger partial charge in [0.2, 0.25) is 0 Å². The number of benzene rings is 3. The van der Waals surface area contributed by atoms with Crippen LogP contribution in [0.5, 0.6) is 0 Å². The van der Waals surface area contributed by atoms with Crippen molar-refractivity contribution in [3.8, 4) is 0 Å². The van der Waals surface area contributed by atoms with Gasteiger partial charge in [-0.1, -0.05) is 0 Å². The van der Waals surface area contributed by atoms with E-state index >= 15 is 0 Å². The van der Waals surface area contributed by atoms with Crippen molar-refractivity contribution in [1.29, 1.82) is 0 Å². The van der Waals surface area contributed by atoms with E-state index in [1.54, 1.807) is 7.16 Å². The molecule has 0 aromatic heterocycles. The first kappa shape index (κ1) is 19.9. The third kappa shape index (κ3) is 4.73. The van der Waals surface area contributed by atoms with Crippen molar-refractivity contribution in [2.75, 3.05) is 0 Å². The monoisotopic (exact) mass is 462 g/mol. The number of hydrogen-bond acceptors (Lipinski definition) is 0. The van der Waals surface area contributed by atoms with Gasteiger partial charge < -0.3 is 0 Å². The molecule has 0 spiro atoms. The third-order valence-electron chi connectivity index (χ3n) is 5.66. The van der Waals surface area contributed by atoms with Crippen molar-refractivity contribution >= 4 is 31.6 Å². The molecular formula is C26H30Sn. The average Bonchev–Trinajstić information content (AvgIpc) is 2.75. The van der Waals surface area contributed by atoms with E-state index in [0.29, 0.717) is 0 Å². The molecule has 0 aliphatic rings. The van der Waals surface area contributed by atoms with Gasteiger partial charge in [-0.2, -0.15) is 0 Å². The van der Waals surface area contributed by atoms with Gasteiger partial charge in [0.15, 0.2) is 0 Å². The van der Waals surface area contributed by atoms with Gasteiger partial charge in [0.05, 0.1) is 0 Å². The van der Waals surface area contributed by atoms with E-state index in [4.69, 9.17) is 0 Å². The molecule has 1 heteroatoms. The minimum absolute atomic E-state index is 1.17. The summed E-state index contributed by atoms with van der Waals surface area (Å²) in [7, 11) is 0. The van der Waals surface area contributed by atoms with E-state index in [0.717, 1.165) is 0 Å². The van der Waals surface area contributed by atoms with Crippen LogP contribution in [0.3, 0.4) is 0 Å². The molecule has 0 N–H and O–H groups in total. The zero-order chi connectivity index (χ0) is 19.0. The van der Waals surface area contributed by atoms with E-state index in [-0.39, 0.29) is 0 Å². The molecule has 0 heterocycles. The van der Waals surface area contributed by atoms with Gasteiger partial charge in [-0.3, -0.25) is 0 Å². The fourth-order valence-corrected chi connectivity index (χ4v) is 19.4. The summed E-state index contributed by atoms with van der Waals surface area (Å²) in [5.74, 6) is 0. The molecule has 3 aromatic carbocycles. The second-order valence-corrected chi connectivity index (χ2v) is 19.5. The van der Waals surface area contributed by atoms with Crippen molar-refractivity contribution in [3.63, 3.8) is 0 Å². The number of aryl methyl sites for hydroxylation is 1. The maximum atomic E-state index is 4.13. The van der Waals surface area contributed by atoms with Crippen LogP contribution in [0.1, 0.15) is 30.9 Å². The quantitative estimate of drug-likeness (QED) is 0.347. The molecule has 0 aliphatic carbocycles. The van der Waals surface area contributed by atoms with Gasteiger partial charge in [-0.05, 0) is 0 Å². The van der Waals surface area contributed by atoms with Gasteiger partial charge in [-0.25, -0.2) is 0 Å². The van der Waals surface area contributed by atoms with Gasteiger partial charge in [0, 0.05) is 0 Å². The predicted molar refractivity (Wildman–Crippen MR) is 123 cm³/mol. The molecule has 0 aliphatic heterocycles. The number of rotatable bonds is 9. The number of unbranched alkanes of at least 4 members (excludes halogenated alkanes) is 1. The molecule has 0 radical (unpaired) electrons. The van der Waals surface area contributed by atoms with Crippen LogP contribution < -0.4 is 7.16 Å². The van der Waals surface area contributed by atoms with E-state index in [9.17, 15) is 0 Å².